The highest BCUT2D eigenvalue weighted by Crippen LogP contribution is 2.23. The average molecular weight is 379 g/mol. The SMILES string of the molecule is COCCNCCNC(=O)Cc1c(C)nn(-c2ccc(C)c(Cl)c2)c1C. The van der Waals surface area contributed by atoms with Gasteiger partial charge in [0, 0.05) is 43.0 Å². The normalized spacial score (nSPS) is 11.0. The summed E-state index contributed by atoms with van der Waals surface area (Å²) in [6.07, 6.45) is 0.315. The van der Waals surface area contributed by atoms with Crippen LogP contribution in [-0.4, -0.2) is 49.0 Å². The number of amides is 1. The van der Waals surface area contributed by atoms with Crippen molar-refractivity contribution in [3.05, 3.63) is 45.7 Å². The maximum atomic E-state index is 12.2. The molecule has 2 N–H and O–H groups in total. The van der Waals surface area contributed by atoms with Crippen LogP contribution in [0.5, 0.6) is 0 Å². The zero-order chi connectivity index (χ0) is 19.1. The molecule has 0 aliphatic carbocycles. The quantitative estimate of drug-likeness (QED) is 0.657. The molecule has 0 bridgehead atoms. The highest BCUT2D eigenvalue weighted by atomic mass is 35.5. The topological polar surface area (TPSA) is 68.2 Å². The van der Waals surface area contributed by atoms with Gasteiger partial charge in [0.25, 0.3) is 0 Å². The Kier molecular flexibility index (Phi) is 7.63. The fourth-order valence-electron chi connectivity index (χ4n) is 2.71. The second kappa shape index (κ2) is 9.71. The molecule has 0 fully saturated rings. The van der Waals surface area contributed by atoms with Gasteiger partial charge in [-0.25, -0.2) is 4.68 Å². The van der Waals surface area contributed by atoms with E-state index >= 15 is 0 Å². The summed E-state index contributed by atoms with van der Waals surface area (Å²) in [5, 5.41) is 11.4. The predicted molar refractivity (Wildman–Crippen MR) is 104 cm³/mol. The van der Waals surface area contributed by atoms with E-state index in [2.05, 4.69) is 15.7 Å². The monoisotopic (exact) mass is 378 g/mol. The number of carbonyl (C=O) groups excluding carboxylic acids is 1. The Labute approximate surface area is 159 Å². The van der Waals surface area contributed by atoms with Gasteiger partial charge in [0.05, 0.1) is 24.4 Å². The number of benzene rings is 1. The van der Waals surface area contributed by atoms with Crippen LogP contribution in [0.3, 0.4) is 0 Å². The minimum absolute atomic E-state index is 0.00812. The molecule has 0 atom stereocenters. The summed E-state index contributed by atoms with van der Waals surface area (Å²) in [4.78, 5) is 12.2. The van der Waals surface area contributed by atoms with Crippen molar-refractivity contribution in [1.82, 2.24) is 20.4 Å². The molecule has 2 rings (SSSR count). The molecular formula is C19H27ClN4O2. The van der Waals surface area contributed by atoms with Crippen molar-refractivity contribution < 1.29 is 9.53 Å². The average Bonchev–Trinajstić information content (AvgIpc) is 2.88. The molecule has 0 aliphatic rings. The van der Waals surface area contributed by atoms with Crippen molar-refractivity contribution >= 4 is 17.5 Å². The first-order chi connectivity index (χ1) is 12.4. The summed E-state index contributed by atoms with van der Waals surface area (Å²) in [6, 6.07) is 5.85. The van der Waals surface area contributed by atoms with Crippen LogP contribution in [0.4, 0.5) is 0 Å². The highest BCUT2D eigenvalue weighted by Gasteiger charge is 2.16. The fourth-order valence-corrected chi connectivity index (χ4v) is 2.88. The number of nitrogens with zero attached hydrogens (tertiary/aromatic N) is 2. The first-order valence-corrected chi connectivity index (χ1v) is 9.09. The summed E-state index contributed by atoms with van der Waals surface area (Å²) in [5.41, 5.74) is 4.68. The Morgan fingerprint density at radius 1 is 1.23 bits per heavy atom. The summed E-state index contributed by atoms with van der Waals surface area (Å²) < 4.78 is 6.80. The molecule has 0 radical (unpaired) electrons. The largest absolute Gasteiger partial charge is 0.383 e. The number of hydrogen-bond donors (Lipinski definition) is 2. The minimum atomic E-state index is -0.00812. The second-order valence-electron chi connectivity index (χ2n) is 6.26. The van der Waals surface area contributed by atoms with E-state index in [9.17, 15) is 4.79 Å². The second-order valence-corrected chi connectivity index (χ2v) is 6.67. The summed E-state index contributed by atoms with van der Waals surface area (Å²) in [5.74, 6) is -0.00812. The molecule has 7 heteroatoms. The third-order valence-electron chi connectivity index (χ3n) is 4.29. The number of halogens is 1. The van der Waals surface area contributed by atoms with Gasteiger partial charge in [-0.15, -0.1) is 0 Å². The summed E-state index contributed by atoms with van der Waals surface area (Å²) >= 11 is 6.23. The molecule has 0 saturated carbocycles. The smallest absolute Gasteiger partial charge is 0.224 e. The van der Waals surface area contributed by atoms with E-state index in [4.69, 9.17) is 16.3 Å². The van der Waals surface area contributed by atoms with Crippen LogP contribution in [0.1, 0.15) is 22.5 Å². The number of aryl methyl sites for hydroxylation is 2. The van der Waals surface area contributed by atoms with Crippen molar-refractivity contribution in [2.45, 2.75) is 27.2 Å². The maximum Gasteiger partial charge on any atom is 0.224 e. The molecule has 2 aromatic rings. The van der Waals surface area contributed by atoms with Crippen molar-refractivity contribution in [3.8, 4) is 5.69 Å². The Bertz CT molecular complexity index is 758. The standard InChI is InChI=1S/C19H27ClN4O2/c1-13-5-6-16(11-18(13)20)24-15(3)17(14(2)23-24)12-19(25)22-8-7-21-9-10-26-4/h5-6,11,21H,7-10,12H2,1-4H3,(H,22,25). The summed E-state index contributed by atoms with van der Waals surface area (Å²) in [6.45, 7) is 8.60. The number of aromatic nitrogens is 2. The van der Waals surface area contributed by atoms with E-state index in [0.717, 1.165) is 34.7 Å². The van der Waals surface area contributed by atoms with Crippen LogP contribution < -0.4 is 10.6 Å². The van der Waals surface area contributed by atoms with Crippen LogP contribution in [0.2, 0.25) is 5.02 Å². The molecule has 0 spiro atoms. The lowest BCUT2D eigenvalue weighted by Gasteiger charge is -2.08. The van der Waals surface area contributed by atoms with Gasteiger partial charge in [-0.2, -0.15) is 5.10 Å². The van der Waals surface area contributed by atoms with Gasteiger partial charge >= 0.3 is 0 Å². The number of carbonyl (C=O) groups is 1. The third kappa shape index (κ3) is 5.30. The van der Waals surface area contributed by atoms with Gasteiger partial charge in [-0.05, 0) is 38.5 Å². The Morgan fingerprint density at radius 2 is 2.00 bits per heavy atom. The molecule has 142 valence electrons. The van der Waals surface area contributed by atoms with E-state index in [1.807, 2.05) is 43.7 Å². The highest BCUT2D eigenvalue weighted by molar-refractivity contribution is 6.31. The van der Waals surface area contributed by atoms with Crippen molar-refractivity contribution in [1.29, 1.82) is 0 Å². The van der Waals surface area contributed by atoms with Crippen molar-refractivity contribution in [3.63, 3.8) is 0 Å². The number of rotatable bonds is 9. The van der Waals surface area contributed by atoms with Crippen LogP contribution in [0.25, 0.3) is 5.69 Å². The fraction of sp³-hybridized carbons (Fsp3) is 0.474. The van der Waals surface area contributed by atoms with Gasteiger partial charge in [0.1, 0.15) is 0 Å². The molecule has 0 saturated heterocycles. The first-order valence-electron chi connectivity index (χ1n) is 8.72. The Morgan fingerprint density at radius 3 is 2.69 bits per heavy atom. The number of ether oxygens (including phenoxy) is 1. The van der Waals surface area contributed by atoms with Crippen LogP contribution in [0.15, 0.2) is 18.2 Å². The Hall–Kier alpha value is -1.89. The molecule has 0 aliphatic heterocycles. The van der Waals surface area contributed by atoms with Gasteiger partial charge in [-0.3, -0.25) is 4.79 Å². The van der Waals surface area contributed by atoms with Crippen LogP contribution in [-0.2, 0) is 16.0 Å². The van der Waals surface area contributed by atoms with Gasteiger partial charge < -0.3 is 15.4 Å². The number of nitrogens with one attached hydrogen (secondary N) is 2. The van der Waals surface area contributed by atoms with E-state index in [1.165, 1.54) is 0 Å². The third-order valence-corrected chi connectivity index (χ3v) is 4.69. The summed E-state index contributed by atoms with van der Waals surface area (Å²) in [7, 11) is 1.67. The van der Waals surface area contributed by atoms with E-state index in [-0.39, 0.29) is 5.91 Å². The van der Waals surface area contributed by atoms with Gasteiger partial charge in [0.2, 0.25) is 5.91 Å². The Balaban J connectivity index is 1.99. The number of methoxy groups -OCH3 is 1. The molecule has 1 aromatic carbocycles. The van der Waals surface area contributed by atoms with Crippen LogP contribution in [0, 0.1) is 20.8 Å². The minimum Gasteiger partial charge on any atom is -0.383 e. The molecule has 0 unspecified atom stereocenters. The zero-order valence-electron chi connectivity index (χ0n) is 15.9. The van der Waals surface area contributed by atoms with Crippen LogP contribution >= 0.6 is 11.6 Å². The molecule has 1 amide bonds. The van der Waals surface area contributed by atoms with Gasteiger partial charge in [0.15, 0.2) is 0 Å². The first kappa shape index (κ1) is 20.4. The maximum absolute atomic E-state index is 12.2. The predicted octanol–water partition coefficient (Wildman–Crippen LogP) is 2.35. The lowest BCUT2D eigenvalue weighted by molar-refractivity contribution is -0.120. The molecule has 1 heterocycles. The van der Waals surface area contributed by atoms with E-state index < -0.39 is 0 Å². The van der Waals surface area contributed by atoms with Crippen molar-refractivity contribution in [2.24, 2.45) is 0 Å². The molecule has 26 heavy (non-hydrogen) atoms. The van der Waals surface area contributed by atoms with E-state index in [1.54, 1.807) is 7.11 Å². The number of hydrogen-bond acceptors (Lipinski definition) is 4. The zero-order valence-corrected chi connectivity index (χ0v) is 16.6. The molecular weight excluding hydrogens is 352 g/mol. The lowest BCUT2D eigenvalue weighted by Crippen LogP contribution is -2.34. The van der Waals surface area contributed by atoms with Crippen molar-refractivity contribution in [2.75, 3.05) is 33.4 Å². The van der Waals surface area contributed by atoms with Gasteiger partial charge in [-0.1, -0.05) is 17.7 Å². The molecule has 6 nitrogen and oxygen atoms in total. The lowest BCUT2D eigenvalue weighted by atomic mass is 10.1. The molecule has 1 aromatic heterocycles. The van der Waals surface area contributed by atoms with E-state index in [0.29, 0.717) is 31.1 Å².